The number of carbonyl (C=O) groups excluding carboxylic acids is 2. The van der Waals surface area contributed by atoms with Gasteiger partial charge in [-0.3, -0.25) is 9.59 Å². The highest BCUT2D eigenvalue weighted by Gasteiger charge is 2.30. The van der Waals surface area contributed by atoms with Gasteiger partial charge in [0.25, 0.3) is 0 Å². The summed E-state index contributed by atoms with van der Waals surface area (Å²) in [6, 6.07) is 12.0. The van der Waals surface area contributed by atoms with Crippen LogP contribution in [0.3, 0.4) is 0 Å². The van der Waals surface area contributed by atoms with Gasteiger partial charge in [0.1, 0.15) is 0 Å². The standard InChI is InChI=1S/C26H31F2N3O4/c1-6-17-14-22(32)31(15-16-7-10-19(11-8-16)29-24(33)26(2,3)4)30-23(17)18-9-12-20(34-5)21(13-18)35-25(27)28/h7-13,17,25H,6,14-15H2,1-5H3,(H,29,33). The molecule has 0 bridgehead atoms. The predicted molar refractivity (Wildman–Crippen MR) is 130 cm³/mol. The average molecular weight is 488 g/mol. The van der Waals surface area contributed by atoms with Crippen LogP contribution in [0, 0.1) is 11.3 Å². The van der Waals surface area contributed by atoms with Crippen molar-refractivity contribution >= 4 is 23.2 Å². The minimum atomic E-state index is -3.00. The molecule has 1 aliphatic heterocycles. The van der Waals surface area contributed by atoms with Gasteiger partial charge in [0.05, 0.1) is 19.4 Å². The molecule has 0 aromatic heterocycles. The highest BCUT2D eigenvalue weighted by Crippen LogP contribution is 2.33. The first-order chi connectivity index (χ1) is 16.5. The van der Waals surface area contributed by atoms with E-state index in [9.17, 15) is 18.4 Å². The second-order valence-electron chi connectivity index (χ2n) is 9.39. The minimum Gasteiger partial charge on any atom is -0.493 e. The van der Waals surface area contributed by atoms with Crippen molar-refractivity contribution in [2.45, 2.75) is 53.7 Å². The largest absolute Gasteiger partial charge is 0.493 e. The molecule has 1 heterocycles. The van der Waals surface area contributed by atoms with Crippen LogP contribution in [0.5, 0.6) is 11.5 Å². The van der Waals surface area contributed by atoms with Crippen LogP contribution in [-0.2, 0) is 16.1 Å². The number of hydrazone groups is 1. The lowest BCUT2D eigenvalue weighted by atomic mass is 9.89. The average Bonchev–Trinajstić information content (AvgIpc) is 2.80. The number of benzene rings is 2. The molecule has 0 saturated carbocycles. The molecule has 3 rings (SSSR count). The molecule has 7 nitrogen and oxygen atoms in total. The Hall–Kier alpha value is -3.49. The lowest BCUT2D eigenvalue weighted by Gasteiger charge is -2.29. The van der Waals surface area contributed by atoms with E-state index >= 15 is 0 Å². The molecule has 2 aromatic rings. The van der Waals surface area contributed by atoms with Gasteiger partial charge in [-0.1, -0.05) is 39.8 Å². The van der Waals surface area contributed by atoms with E-state index in [-0.39, 0.29) is 42.2 Å². The molecular weight excluding hydrogens is 456 g/mol. The SMILES string of the molecule is CCC1CC(=O)N(Cc2ccc(NC(=O)C(C)(C)C)cc2)N=C1c1ccc(OC)c(OC(F)F)c1. The third kappa shape index (κ3) is 6.55. The quantitative estimate of drug-likeness (QED) is 0.537. The zero-order valence-electron chi connectivity index (χ0n) is 20.6. The van der Waals surface area contributed by atoms with Gasteiger partial charge in [0.2, 0.25) is 11.8 Å². The first-order valence-corrected chi connectivity index (χ1v) is 11.4. The van der Waals surface area contributed by atoms with E-state index in [1.165, 1.54) is 18.2 Å². The van der Waals surface area contributed by atoms with Gasteiger partial charge in [0.15, 0.2) is 11.5 Å². The van der Waals surface area contributed by atoms with Crippen LogP contribution in [0.25, 0.3) is 0 Å². The molecule has 2 amide bonds. The second-order valence-corrected chi connectivity index (χ2v) is 9.39. The number of nitrogens with zero attached hydrogens (tertiary/aromatic N) is 2. The van der Waals surface area contributed by atoms with Crippen molar-refractivity contribution in [3.63, 3.8) is 0 Å². The molecule has 9 heteroatoms. The normalized spacial score (nSPS) is 16.2. The summed E-state index contributed by atoms with van der Waals surface area (Å²) in [6.45, 7) is 4.70. The highest BCUT2D eigenvalue weighted by molar-refractivity contribution is 6.06. The van der Waals surface area contributed by atoms with Crippen LogP contribution in [0.2, 0.25) is 0 Å². The van der Waals surface area contributed by atoms with Crippen molar-refractivity contribution in [1.82, 2.24) is 5.01 Å². The van der Waals surface area contributed by atoms with Crippen LogP contribution >= 0.6 is 0 Å². The van der Waals surface area contributed by atoms with Gasteiger partial charge >= 0.3 is 6.61 Å². The Kier molecular flexibility index (Phi) is 8.09. The molecule has 0 saturated heterocycles. The van der Waals surface area contributed by atoms with Crippen LogP contribution in [-0.4, -0.2) is 36.3 Å². The van der Waals surface area contributed by atoms with Crippen molar-refractivity contribution in [1.29, 1.82) is 0 Å². The zero-order chi connectivity index (χ0) is 25.8. The molecule has 0 fully saturated rings. The molecule has 35 heavy (non-hydrogen) atoms. The van der Waals surface area contributed by atoms with Gasteiger partial charge < -0.3 is 14.8 Å². The second kappa shape index (κ2) is 10.8. The fourth-order valence-electron chi connectivity index (χ4n) is 3.64. The summed E-state index contributed by atoms with van der Waals surface area (Å²) < 4.78 is 35.5. The van der Waals surface area contributed by atoms with Gasteiger partial charge in [-0.05, 0) is 42.3 Å². The summed E-state index contributed by atoms with van der Waals surface area (Å²) in [7, 11) is 1.38. The van der Waals surface area contributed by atoms with Crippen LogP contribution in [0.4, 0.5) is 14.5 Å². The number of hydrogen-bond donors (Lipinski definition) is 1. The fraction of sp³-hybridized carbons (Fsp3) is 0.423. The van der Waals surface area contributed by atoms with Crippen molar-refractivity contribution in [2.24, 2.45) is 16.4 Å². The third-order valence-corrected chi connectivity index (χ3v) is 5.72. The Labute approximate surface area is 204 Å². The number of nitrogens with one attached hydrogen (secondary N) is 1. The maximum atomic E-state index is 12.9. The van der Waals surface area contributed by atoms with E-state index in [4.69, 9.17) is 4.74 Å². The van der Waals surface area contributed by atoms with Crippen molar-refractivity contribution in [2.75, 3.05) is 12.4 Å². The van der Waals surface area contributed by atoms with Crippen LogP contribution < -0.4 is 14.8 Å². The fourth-order valence-corrected chi connectivity index (χ4v) is 3.64. The number of alkyl halides is 2. The molecule has 188 valence electrons. The Morgan fingerprint density at radius 3 is 2.43 bits per heavy atom. The van der Waals surface area contributed by atoms with Gasteiger partial charge in [-0.15, -0.1) is 0 Å². The smallest absolute Gasteiger partial charge is 0.387 e. The number of carbonyl (C=O) groups is 2. The zero-order valence-corrected chi connectivity index (χ0v) is 20.6. The Morgan fingerprint density at radius 1 is 1.17 bits per heavy atom. The monoisotopic (exact) mass is 487 g/mol. The van der Waals surface area contributed by atoms with Gasteiger partial charge in [-0.2, -0.15) is 13.9 Å². The maximum absolute atomic E-state index is 12.9. The lowest BCUT2D eigenvalue weighted by molar-refractivity contribution is -0.133. The summed E-state index contributed by atoms with van der Waals surface area (Å²) >= 11 is 0. The summed E-state index contributed by atoms with van der Waals surface area (Å²) in [5.74, 6) is -0.269. The lowest BCUT2D eigenvalue weighted by Crippen LogP contribution is -2.36. The molecule has 0 spiro atoms. The first-order valence-electron chi connectivity index (χ1n) is 11.4. The van der Waals surface area contributed by atoms with E-state index < -0.39 is 12.0 Å². The Bertz CT molecular complexity index is 1090. The Balaban J connectivity index is 1.85. The maximum Gasteiger partial charge on any atom is 0.387 e. The summed E-state index contributed by atoms with van der Waals surface area (Å²) in [5.41, 5.74) is 2.20. The summed E-state index contributed by atoms with van der Waals surface area (Å²) in [5, 5.41) is 8.87. The summed E-state index contributed by atoms with van der Waals surface area (Å²) in [6.07, 6.45) is 0.920. The molecule has 1 aliphatic rings. The van der Waals surface area contributed by atoms with Crippen molar-refractivity contribution in [3.05, 3.63) is 53.6 Å². The molecule has 1 N–H and O–H groups in total. The molecule has 1 atom stereocenters. The molecule has 1 unspecified atom stereocenters. The van der Waals surface area contributed by atoms with Gasteiger partial charge in [-0.25, -0.2) is 5.01 Å². The van der Waals surface area contributed by atoms with Crippen LogP contribution in [0.1, 0.15) is 51.7 Å². The van der Waals surface area contributed by atoms with Crippen LogP contribution in [0.15, 0.2) is 47.6 Å². The first kappa shape index (κ1) is 26.1. The number of halogens is 2. The van der Waals surface area contributed by atoms with Crippen molar-refractivity contribution in [3.8, 4) is 11.5 Å². The molecule has 2 aromatic carbocycles. The number of hydrogen-bond acceptors (Lipinski definition) is 5. The van der Waals surface area contributed by atoms with E-state index in [0.717, 1.165) is 5.56 Å². The summed E-state index contributed by atoms with van der Waals surface area (Å²) in [4.78, 5) is 25.0. The Morgan fingerprint density at radius 2 is 1.86 bits per heavy atom. The molecular formula is C26H31F2N3O4. The number of ether oxygens (including phenoxy) is 2. The van der Waals surface area contributed by atoms with Crippen molar-refractivity contribution < 1.29 is 27.8 Å². The van der Waals surface area contributed by atoms with Gasteiger partial charge in [0, 0.05) is 29.0 Å². The number of methoxy groups -OCH3 is 1. The highest BCUT2D eigenvalue weighted by atomic mass is 19.3. The molecule has 0 aliphatic carbocycles. The number of anilines is 1. The van der Waals surface area contributed by atoms with E-state index in [1.807, 2.05) is 39.8 Å². The topological polar surface area (TPSA) is 80.2 Å². The number of rotatable bonds is 8. The van der Waals surface area contributed by atoms with E-state index in [0.29, 0.717) is 23.4 Å². The molecule has 0 radical (unpaired) electrons. The number of amides is 2. The van der Waals surface area contributed by atoms with E-state index in [1.54, 1.807) is 24.3 Å². The van der Waals surface area contributed by atoms with E-state index in [2.05, 4.69) is 15.2 Å². The third-order valence-electron chi connectivity index (χ3n) is 5.72. The minimum absolute atomic E-state index is 0.0890. The predicted octanol–water partition coefficient (Wildman–Crippen LogP) is 5.44.